The van der Waals surface area contributed by atoms with Gasteiger partial charge in [0.25, 0.3) is 0 Å². The summed E-state index contributed by atoms with van der Waals surface area (Å²) in [6.45, 7) is 2.38. The molecular weight excluding hydrogens is 431 g/mol. The molecule has 1 atom stereocenters. The number of nitrogens with one attached hydrogen (secondary N) is 1. The molecule has 3 rings (SSSR count). The molecular formula is C25H30ClFN2O3. The highest BCUT2D eigenvalue weighted by Crippen LogP contribution is 2.28. The van der Waals surface area contributed by atoms with Gasteiger partial charge in [-0.1, -0.05) is 31.2 Å². The van der Waals surface area contributed by atoms with E-state index in [1.807, 2.05) is 24.3 Å². The molecule has 0 heterocycles. The SMILES string of the molecule is COc1cccc(CN(C(=O)CCl)[C@H](C(=O)NC2CCC(C)CC2)c2ccc(F)cc2)c1. The van der Waals surface area contributed by atoms with Gasteiger partial charge in [-0.2, -0.15) is 0 Å². The molecule has 0 saturated heterocycles. The molecule has 1 aliphatic rings. The Bertz CT molecular complexity index is 914. The van der Waals surface area contributed by atoms with Gasteiger partial charge in [-0.15, -0.1) is 11.6 Å². The van der Waals surface area contributed by atoms with Gasteiger partial charge in [0, 0.05) is 12.6 Å². The van der Waals surface area contributed by atoms with Crippen molar-refractivity contribution in [2.75, 3.05) is 13.0 Å². The van der Waals surface area contributed by atoms with Gasteiger partial charge in [-0.25, -0.2) is 4.39 Å². The van der Waals surface area contributed by atoms with Gasteiger partial charge in [-0.3, -0.25) is 9.59 Å². The molecule has 5 nitrogen and oxygen atoms in total. The Hall–Kier alpha value is -2.60. The first-order chi connectivity index (χ1) is 15.4. The molecule has 0 aliphatic heterocycles. The van der Waals surface area contributed by atoms with E-state index in [-0.39, 0.29) is 30.3 Å². The van der Waals surface area contributed by atoms with Crippen LogP contribution in [-0.2, 0) is 16.1 Å². The van der Waals surface area contributed by atoms with Crippen LogP contribution in [0.2, 0.25) is 0 Å². The summed E-state index contributed by atoms with van der Waals surface area (Å²) < 4.78 is 18.9. The van der Waals surface area contributed by atoms with Gasteiger partial charge in [-0.05, 0) is 67.0 Å². The average molecular weight is 461 g/mol. The lowest BCUT2D eigenvalue weighted by Gasteiger charge is -2.34. The number of carbonyl (C=O) groups is 2. The normalized spacial score (nSPS) is 19.1. The summed E-state index contributed by atoms with van der Waals surface area (Å²) in [7, 11) is 1.57. The van der Waals surface area contributed by atoms with E-state index in [1.165, 1.54) is 17.0 Å². The van der Waals surface area contributed by atoms with E-state index in [2.05, 4.69) is 12.2 Å². The lowest BCUT2D eigenvalue weighted by atomic mass is 9.87. The number of carbonyl (C=O) groups excluding carboxylic acids is 2. The second kappa shape index (κ2) is 11.3. The molecule has 0 spiro atoms. The van der Waals surface area contributed by atoms with E-state index in [4.69, 9.17) is 16.3 Å². The van der Waals surface area contributed by atoms with Crippen LogP contribution in [0, 0.1) is 11.7 Å². The molecule has 0 radical (unpaired) electrons. The number of halogens is 2. The number of ether oxygens (including phenoxy) is 1. The first-order valence-corrected chi connectivity index (χ1v) is 11.5. The summed E-state index contributed by atoms with van der Waals surface area (Å²) in [6, 6.07) is 12.1. The molecule has 0 unspecified atom stereocenters. The summed E-state index contributed by atoms with van der Waals surface area (Å²) in [4.78, 5) is 27.8. The van der Waals surface area contributed by atoms with Gasteiger partial charge in [0.2, 0.25) is 11.8 Å². The summed E-state index contributed by atoms with van der Waals surface area (Å²) in [5, 5.41) is 3.13. The Morgan fingerprint density at radius 1 is 1.16 bits per heavy atom. The van der Waals surface area contributed by atoms with Crippen LogP contribution >= 0.6 is 11.6 Å². The number of amides is 2. The topological polar surface area (TPSA) is 58.6 Å². The van der Waals surface area contributed by atoms with Crippen molar-refractivity contribution in [2.24, 2.45) is 5.92 Å². The van der Waals surface area contributed by atoms with E-state index in [1.54, 1.807) is 19.2 Å². The number of hydrogen-bond donors (Lipinski definition) is 1. The zero-order valence-corrected chi connectivity index (χ0v) is 19.3. The molecule has 2 amide bonds. The Kier molecular flexibility index (Phi) is 8.51. The molecule has 7 heteroatoms. The lowest BCUT2D eigenvalue weighted by molar-refractivity contribution is -0.140. The van der Waals surface area contributed by atoms with Crippen LogP contribution in [-0.4, -0.2) is 35.7 Å². The van der Waals surface area contributed by atoms with Crippen LogP contribution in [0.3, 0.4) is 0 Å². The third-order valence-electron chi connectivity index (χ3n) is 6.03. The Labute approximate surface area is 193 Å². The Balaban J connectivity index is 1.92. The second-order valence-corrected chi connectivity index (χ2v) is 8.69. The second-order valence-electron chi connectivity index (χ2n) is 8.43. The van der Waals surface area contributed by atoms with Crippen molar-refractivity contribution in [3.8, 4) is 5.75 Å². The van der Waals surface area contributed by atoms with Gasteiger partial charge < -0.3 is 15.0 Å². The smallest absolute Gasteiger partial charge is 0.247 e. The molecule has 2 aromatic carbocycles. The zero-order chi connectivity index (χ0) is 23.1. The maximum Gasteiger partial charge on any atom is 0.247 e. The molecule has 2 aromatic rings. The van der Waals surface area contributed by atoms with Crippen molar-refractivity contribution in [3.63, 3.8) is 0 Å². The third kappa shape index (κ3) is 6.22. The highest BCUT2D eigenvalue weighted by Gasteiger charge is 2.33. The van der Waals surface area contributed by atoms with Gasteiger partial charge in [0.15, 0.2) is 0 Å². The summed E-state index contributed by atoms with van der Waals surface area (Å²) >= 11 is 5.93. The van der Waals surface area contributed by atoms with Gasteiger partial charge in [0.05, 0.1) is 7.11 Å². The first kappa shape index (κ1) is 24.1. The van der Waals surface area contributed by atoms with Gasteiger partial charge in [0.1, 0.15) is 23.5 Å². The molecule has 1 fully saturated rings. The number of methoxy groups -OCH3 is 1. The lowest BCUT2D eigenvalue weighted by Crippen LogP contribution is -2.47. The Morgan fingerprint density at radius 3 is 2.47 bits per heavy atom. The van der Waals surface area contributed by atoms with E-state index >= 15 is 0 Å². The Morgan fingerprint density at radius 2 is 1.84 bits per heavy atom. The van der Waals surface area contributed by atoms with Crippen LogP contribution in [0.1, 0.15) is 49.8 Å². The fourth-order valence-electron chi connectivity index (χ4n) is 4.17. The standard InChI is InChI=1S/C25H30ClFN2O3/c1-17-6-12-21(13-7-17)28-25(31)24(19-8-10-20(27)11-9-19)29(23(30)15-26)16-18-4-3-5-22(14-18)32-2/h3-5,8-11,14,17,21,24H,6-7,12-13,15-16H2,1-2H3,(H,28,31)/t17?,21?,24-/m0/s1. The molecule has 0 aromatic heterocycles. The molecule has 172 valence electrons. The number of nitrogens with zero attached hydrogens (tertiary/aromatic N) is 1. The number of rotatable bonds is 8. The highest BCUT2D eigenvalue weighted by atomic mass is 35.5. The van der Waals surface area contributed by atoms with Crippen LogP contribution in [0.5, 0.6) is 5.75 Å². The third-order valence-corrected chi connectivity index (χ3v) is 6.26. The largest absolute Gasteiger partial charge is 0.497 e. The summed E-state index contributed by atoms with van der Waals surface area (Å²) in [6.07, 6.45) is 3.92. The van der Waals surface area contributed by atoms with Crippen molar-refractivity contribution in [1.82, 2.24) is 10.2 Å². The van der Waals surface area contributed by atoms with Crippen molar-refractivity contribution in [3.05, 3.63) is 65.5 Å². The molecule has 1 N–H and O–H groups in total. The number of alkyl halides is 1. The number of benzene rings is 2. The van der Waals surface area contributed by atoms with Gasteiger partial charge >= 0.3 is 0 Å². The van der Waals surface area contributed by atoms with E-state index in [9.17, 15) is 14.0 Å². The molecule has 32 heavy (non-hydrogen) atoms. The minimum atomic E-state index is -0.924. The maximum absolute atomic E-state index is 13.6. The zero-order valence-electron chi connectivity index (χ0n) is 18.5. The highest BCUT2D eigenvalue weighted by molar-refractivity contribution is 6.27. The molecule has 1 aliphatic carbocycles. The molecule has 0 bridgehead atoms. The summed E-state index contributed by atoms with van der Waals surface area (Å²) in [5.41, 5.74) is 1.34. The first-order valence-electron chi connectivity index (χ1n) is 11.0. The monoisotopic (exact) mass is 460 g/mol. The predicted molar refractivity (Wildman–Crippen MR) is 123 cm³/mol. The van der Waals surface area contributed by atoms with E-state index in [0.29, 0.717) is 17.2 Å². The molecule has 1 saturated carbocycles. The average Bonchev–Trinajstić information content (AvgIpc) is 2.81. The summed E-state index contributed by atoms with van der Waals surface area (Å²) in [5.74, 6) is -0.0279. The fraction of sp³-hybridized carbons (Fsp3) is 0.440. The fourth-order valence-corrected chi connectivity index (χ4v) is 4.32. The maximum atomic E-state index is 13.6. The van der Waals surface area contributed by atoms with Crippen LogP contribution in [0.4, 0.5) is 4.39 Å². The van der Waals surface area contributed by atoms with Crippen molar-refractivity contribution in [1.29, 1.82) is 0 Å². The van der Waals surface area contributed by atoms with Crippen molar-refractivity contribution >= 4 is 23.4 Å². The van der Waals surface area contributed by atoms with Crippen LogP contribution in [0.25, 0.3) is 0 Å². The van der Waals surface area contributed by atoms with E-state index in [0.717, 1.165) is 31.2 Å². The predicted octanol–water partition coefficient (Wildman–Crippen LogP) is 4.84. The van der Waals surface area contributed by atoms with Crippen LogP contribution in [0.15, 0.2) is 48.5 Å². The van der Waals surface area contributed by atoms with Crippen molar-refractivity contribution in [2.45, 2.75) is 51.2 Å². The van der Waals surface area contributed by atoms with Crippen LogP contribution < -0.4 is 10.1 Å². The van der Waals surface area contributed by atoms with E-state index < -0.39 is 11.9 Å². The quantitative estimate of drug-likeness (QED) is 0.573. The number of hydrogen-bond acceptors (Lipinski definition) is 3. The minimum absolute atomic E-state index is 0.0615. The van der Waals surface area contributed by atoms with Crippen molar-refractivity contribution < 1.29 is 18.7 Å². The minimum Gasteiger partial charge on any atom is -0.497 e.